The van der Waals surface area contributed by atoms with Gasteiger partial charge in [-0.3, -0.25) is 4.90 Å². The molecule has 3 aromatic rings. The predicted octanol–water partition coefficient (Wildman–Crippen LogP) is 8.22. The molecule has 0 aliphatic rings. The van der Waals surface area contributed by atoms with Crippen molar-refractivity contribution in [3.8, 4) is 0 Å². The number of benzene rings is 3. The summed E-state index contributed by atoms with van der Waals surface area (Å²) in [7, 11) is 0. The van der Waals surface area contributed by atoms with Crippen molar-refractivity contribution < 1.29 is 9.18 Å². The number of hydrogen-bond acceptors (Lipinski definition) is 2. The van der Waals surface area contributed by atoms with E-state index in [2.05, 4.69) is 19.2 Å². The molecule has 0 radical (unpaired) electrons. The van der Waals surface area contributed by atoms with Crippen LogP contribution in [0.25, 0.3) is 0 Å². The van der Waals surface area contributed by atoms with Crippen molar-refractivity contribution in [2.45, 2.75) is 59.4 Å². The minimum absolute atomic E-state index is 0. The number of anilines is 3. The summed E-state index contributed by atoms with van der Waals surface area (Å²) in [5.74, 6) is 0.0577. The molecule has 35 heavy (non-hydrogen) atoms. The smallest absolute Gasteiger partial charge is 0.326 e. The Morgan fingerprint density at radius 2 is 1.51 bits per heavy atom. The van der Waals surface area contributed by atoms with Crippen molar-refractivity contribution in [3.05, 3.63) is 87.7 Å². The molecule has 0 unspecified atom stereocenters. The lowest BCUT2D eigenvalue weighted by atomic mass is 10.0. The molecule has 0 saturated carbocycles. The van der Waals surface area contributed by atoms with E-state index in [9.17, 15) is 9.18 Å². The molecule has 188 valence electrons. The van der Waals surface area contributed by atoms with Crippen molar-refractivity contribution in [3.63, 3.8) is 0 Å². The number of halogens is 2. The van der Waals surface area contributed by atoms with Gasteiger partial charge in [0, 0.05) is 16.4 Å². The number of nitrogens with two attached hydrogens (primary N) is 1. The van der Waals surface area contributed by atoms with E-state index in [1.54, 1.807) is 23.1 Å². The molecule has 3 aromatic carbocycles. The molecule has 0 spiro atoms. The molecule has 0 aliphatic carbocycles. The van der Waals surface area contributed by atoms with Crippen LogP contribution in [0.2, 0.25) is 5.02 Å². The van der Waals surface area contributed by atoms with Crippen LogP contribution in [-0.4, -0.2) is 6.03 Å². The molecule has 0 aliphatic heterocycles. The van der Waals surface area contributed by atoms with E-state index in [0.29, 0.717) is 35.2 Å². The number of amides is 2. The lowest BCUT2D eigenvalue weighted by Gasteiger charge is -2.31. The van der Waals surface area contributed by atoms with Crippen LogP contribution in [0.5, 0.6) is 0 Å². The maximum atomic E-state index is 13.8. The van der Waals surface area contributed by atoms with E-state index in [1.807, 2.05) is 45.0 Å². The Hall–Kier alpha value is -2.70. The molecule has 1 atom stereocenters. The van der Waals surface area contributed by atoms with Crippen LogP contribution < -0.4 is 16.0 Å². The highest BCUT2D eigenvalue weighted by molar-refractivity contribution is 7.59. The summed E-state index contributed by atoms with van der Waals surface area (Å²) in [6.07, 6.45) is 1.31. The quantitative estimate of drug-likeness (QED) is 0.311. The zero-order chi connectivity index (χ0) is 25.0. The second kappa shape index (κ2) is 12.3. The topological polar surface area (TPSA) is 58.4 Å². The summed E-state index contributed by atoms with van der Waals surface area (Å²) in [6, 6.07) is 15.3. The van der Waals surface area contributed by atoms with Crippen LogP contribution in [-0.2, 0) is 12.8 Å². The number of carbonyl (C=O) groups excluding carboxylic acids is 1. The normalized spacial score (nSPS) is 11.7. The zero-order valence-corrected chi connectivity index (χ0v) is 22.7. The maximum absolute atomic E-state index is 13.8. The van der Waals surface area contributed by atoms with Crippen LogP contribution in [0, 0.1) is 5.82 Å². The van der Waals surface area contributed by atoms with Crippen LogP contribution in [0.3, 0.4) is 0 Å². The Balaban J connectivity index is 0.00000432. The number of hydrogen-bond donors (Lipinski definition) is 2. The summed E-state index contributed by atoms with van der Waals surface area (Å²) >= 11 is 6.48. The van der Waals surface area contributed by atoms with Crippen LogP contribution in [0.15, 0.2) is 54.6 Å². The van der Waals surface area contributed by atoms with Gasteiger partial charge in [-0.2, -0.15) is 13.5 Å². The second-order valence-corrected chi connectivity index (χ2v) is 9.17. The number of nitrogens with one attached hydrogen (secondary N) is 1. The highest BCUT2D eigenvalue weighted by Crippen LogP contribution is 2.36. The monoisotopic (exact) mass is 515 g/mol. The van der Waals surface area contributed by atoms with E-state index in [4.69, 9.17) is 17.3 Å². The van der Waals surface area contributed by atoms with Crippen molar-refractivity contribution in [1.82, 2.24) is 0 Å². The van der Waals surface area contributed by atoms with Gasteiger partial charge in [0.1, 0.15) is 5.82 Å². The van der Waals surface area contributed by atoms with Crippen molar-refractivity contribution in [2.24, 2.45) is 0 Å². The first-order chi connectivity index (χ1) is 16.2. The third-order valence-corrected chi connectivity index (χ3v) is 6.60. The maximum Gasteiger partial charge on any atom is 0.326 e. The molecular weight excluding hydrogens is 481 g/mol. The van der Waals surface area contributed by atoms with Gasteiger partial charge >= 0.3 is 6.03 Å². The van der Waals surface area contributed by atoms with E-state index in [1.165, 1.54) is 17.7 Å². The molecule has 0 aromatic heterocycles. The number of urea groups is 1. The Kier molecular flexibility index (Phi) is 10.0. The Morgan fingerprint density at radius 1 is 0.971 bits per heavy atom. The molecule has 2 amide bonds. The van der Waals surface area contributed by atoms with Gasteiger partial charge in [-0.15, -0.1) is 0 Å². The molecule has 3 N–H and O–H groups in total. The Morgan fingerprint density at radius 3 is 2.03 bits per heavy atom. The molecule has 3 rings (SSSR count). The SMILES string of the molecule is CCc1c(N)cc(Cl)c(CC)c1NC(=O)N(c1ccc(C(C)C)cc1)[C@@H](C)c1ccc(F)cc1.S. The summed E-state index contributed by atoms with van der Waals surface area (Å²) in [5.41, 5.74) is 11.9. The molecule has 0 bridgehead atoms. The predicted molar refractivity (Wildman–Crippen MR) is 152 cm³/mol. The molecule has 0 saturated heterocycles. The minimum atomic E-state index is -0.350. The van der Waals surface area contributed by atoms with E-state index in [0.717, 1.165) is 22.4 Å². The second-order valence-electron chi connectivity index (χ2n) is 8.76. The van der Waals surface area contributed by atoms with Gasteiger partial charge in [0.15, 0.2) is 0 Å². The zero-order valence-electron chi connectivity index (χ0n) is 21.0. The van der Waals surface area contributed by atoms with Crippen molar-refractivity contribution in [1.29, 1.82) is 0 Å². The third kappa shape index (κ3) is 6.30. The first-order valence-electron chi connectivity index (χ1n) is 11.7. The minimum Gasteiger partial charge on any atom is -0.398 e. The summed E-state index contributed by atoms with van der Waals surface area (Å²) in [4.78, 5) is 15.5. The Labute approximate surface area is 220 Å². The van der Waals surface area contributed by atoms with Crippen molar-refractivity contribution >= 4 is 48.2 Å². The van der Waals surface area contributed by atoms with Crippen molar-refractivity contribution in [2.75, 3.05) is 16.0 Å². The van der Waals surface area contributed by atoms with Crippen LogP contribution in [0.4, 0.5) is 26.2 Å². The summed E-state index contributed by atoms with van der Waals surface area (Å²) in [5, 5.41) is 3.64. The average Bonchev–Trinajstić information content (AvgIpc) is 2.80. The highest BCUT2D eigenvalue weighted by Gasteiger charge is 2.26. The van der Waals surface area contributed by atoms with E-state index >= 15 is 0 Å². The van der Waals surface area contributed by atoms with Gasteiger partial charge in [-0.25, -0.2) is 9.18 Å². The summed E-state index contributed by atoms with van der Waals surface area (Å²) in [6.45, 7) is 10.2. The van der Waals surface area contributed by atoms with Gasteiger partial charge in [-0.05, 0) is 78.3 Å². The Bertz CT molecular complexity index is 1120. The number of carbonyl (C=O) groups is 1. The average molecular weight is 516 g/mol. The number of nitrogen functional groups attached to an aromatic ring is 1. The van der Waals surface area contributed by atoms with Gasteiger partial charge in [-0.1, -0.05) is 63.6 Å². The molecule has 0 heterocycles. The lowest BCUT2D eigenvalue weighted by molar-refractivity contribution is 0.255. The fraction of sp³-hybridized carbons (Fsp3) is 0.321. The highest BCUT2D eigenvalue weighted by atomic mass is 35.5. The first-order valence-corrected chi connectivity index (χ1v) is 12.1. The van der Waals surface area contributed by atoms with Gasteiger partial charge in [0.25, 0.3) is 0 Å². The molecular formula is C28H35ClFN3OS. The fourth-order valence-corrected chi connectivity index (χ4v) is 4.57. The van der Waals surface area contributed by atoms with E-state index in [-0.39, 0.29) is 31.4 Å². The van der Waals surface area contributed by atoms with Gasteiger partial charge in [0.2, 0.25) is 0 Å². The lowest BCUT2D eigenvalue weighted by Crippen LogP contribution is -2.37. The molecule has 7 heteroatoms. The van der Waals surface area contributed by atoms with Gasteiger partial charge < -0.3 is 11.1 Å². The third-order valence-electron chi connectivity index (χ3n) is 6.26. The largest absolute Gasteiger partial charge is 0.398 e. The number of rotatable bonds is 7. The molecule has 0 fully saturated rings. The van der Waals surface area contributed by atoms with Gasteiger partial charge in [0.05, 0.1) is 11.7 Å². The fourth-order valence-electron chi connectivity index (χ4n) is 4.23. The van der Waals surface area contributed by atoms with Crippen LogP contribution >= 0.6 is 25.1 Å². The summed E-state index contributed by atoms with van der Waals surface area (Å²) < 4.78 is 13.6. The standard InChI is InChI=1S/C28H33ClFN3O.H2S/c1-6-23-25(29)16-26(31)24(7-2)27(23)32-28(34)33(18(5)20-8-12-21(30)13-9-20)22-14-10-19(11-15-22)17(3)4;/h8-18H,6-7,31H2,1-5H3,(H,32,34);1H2/t18-;/m0./s1. The van der Waals surface area contributed by atoms with E-state index < -0.39 is 0 Å². The number of nitrogens with zero attached hydrogens (tertiary/aromatic N) is 1. The molecule has 4 nitrogen and oxygen atoms in total. The first kappa shape index (κ1) is 28.5. The van der Waals surface area contributed by atoms with Crippen LogP contribution in [0.1, 0.15) is 68.8 Å².